The molecule has 1 amide bonds. The van der Waals surface area contributed by atoms with Gasteiger partial charge >= 0.3 is 0 Å². The quantitative estimate of drug-likeness (QED) is 0.783. The minimum atomic E-state index is -0.229. The summed E-state index contributed by atoms with van der Waals surface area (Å²) in [6.07, 6.45) is 0. The summed E-state index contributed by atoms with van der Waals surface area (Å²) in [4.78, 5) is 11.6. The fourth-order valence-corrected chi connectivity index (χ4v) is 2.01. The van der Waals surface area contributed by atoms with Crippen molar-refractivity contribution < 1.29 is 14.3 Å². The van der Waals surface area contributed by atoms with Crippen LogP contribution in [-0.4, -0.2) is 32.8 Å². The van der Waals surface area contributed by atoms with Crippen LogP contribution in [0.25, 0.3) is 0 Å². The molecule has 0 radical (unpaired) electrons. The minimum Gasteiger partial charge on any atom is -0.495 e. The van der Waals surface area contributed by atoms with Gasteiger partial charge in [0.2, 0.25) is 5.91 Å². The first-order valence-electron chi connectivity index (χ1n) is 5.50. The summed E-state index contributed by atoms with van der Waals surface area (Å²) >= 11 is 3.37. The molecule has 18 heavy (non-hydrogen) atoms. The third kappa shape index (κ3) is 4.29. The number of halogens is 1. The molecule has 0 aliphatic heterocycles. The van der Waals surface area contributed by atoms with E-state index in [4.69, 9.17) is 15.2 Å². The van der Waals surface area contributed by atoms with Crippen LogP contribution in [0.4, 0.5) is 5.69 Å². The molecule has 100 valence electrons. The number of anilines is 1. The van der Waals surface area contributed by atoms with Gasteiger partial charge in [-0.15, -0.1) is 0 Å². The van der Waals surface area contributed by atoms with E-state index in [-0.39, 0.29) is 12.5 Å². The third-order valence-electron chi connectivity index (χ3n) is 2.24. The van der Waals surface area contributed by atoms with Gasteiger partial charge in [0.25, 0.3) is 0 Å². The van der Waals surface area contributed by atoms with Gasteiger partial charge in [-0.1, -0.05) is 15.9 Å². The fourth-order valence-electron chi connectivity index (χ4n) is 1.46. The Labute approximate surface area is 115 Å². The highest BCUT2D eigenvalue weighted by Gasteiger charge is 2.11. The molecule has 0 heterocycles. The number of rotatable bonds is 6. The van der Waals surface area contributed by atoms with E-state index >= 15 is 0 Å². The molecule has 6 heteroatoms. The van der Waals surface area contributed by atoms with Crippen molar-refractivity contribution in [2.24, 2.45) is 5.73 Å². The summed E-state index contributed by atoms with van der Waals surface area (Å²) in [5, 5.41) is 2.77. The van der Waals surface area contributed by atoms with Gasteiger partial charge < -0.3 is 20.5 Å². The molecule has 0 aliphatic rings. The maximum Gasteiger partial charge on any atom is 0.250 e. The standard InChI is InChI=1S/C12H17BrN2O3/c1-8-5-9(13)6-10(17-2)12(8)15-11(16)7-18-4-3-14/h5-6H,3-4,7,14H2,1-2H3,(H,15,16). The smallest absolute Gasteiger partial charge is 0.250 e. The lowest BCUT2D eigenvalue weighted by atomic mass is 10.2. The molecule has 0 aliphatic carbocycles. The van der Waals surface area contributed by atoms with Crippen molar-refractivity contribution in [3.8, 4) is 5.75 Å². The second-order valence-corrected chi connectivity index (χ2v) is 4.61. The number of hydrogen-bond donors (Lipinski definition) is 2. The van der Waals surface area contributed by atoms with E-state index in [0.717, 1.165) is 10.0 Å². The zero-order chi connectivity index (χ0) is 13.5. The number of nitrogens with two attached hydrogens (primary N) is 1. The average molecular weight is 317 g/mol. The van der Waals surface area contributed by atoms with E-state index in [0.29, 0.717) is 24.6 Å². The Hall–Kier alpha value is -1.11. The van der Waals surface area contributed by atoms with Gasteiger partial charge in [0.15, 0.2) is 0 Å². The average Bonchev–Trinajstić information content (AvgIpc) is 2.32. The molecule has 0 aromatic heterocycles. The molecule has 0 spiro atoms. The highest BCUT2D eigenvalue weighted by molar-refractivity contribution is 9.10. The molecule has 0 fully saturated rings. The number of nitrogens with one attached hydrogen (secondary N) is 1. The van der Waals surface area contributed by atoms with Crippen LogP contribution in [-0.2, 0) is 9.53 Å². The normalized spacial score (nSPS) is 10.2. The van der Waals surface area contributed by atoms with Crippen LogP contribution in [0.2, 0.25) is 0 Å². The highest BCUT2D eigenvalue weighted by Crippen LogP contribution is 2.31. The molecular formula is C12H17BrN2O3. The van der Waals surface area contributed by atoms with Crippen LogP contribution in [0.1, 0.15) is 5.56 Å². The van der Waals surface area contributed by atoms with Crippen molar-refractivity contribution >= 4 is 27.5 Å². The number of carbonyl (C=O) groups excluding carboxylic acids is 1. The van der Waals surface area contributed by atoms with Gasteiger partial charge in [-0.3, -0.25) is 4.79 Å². The Bertz CT molecular complexity index is 424. The Kier molecular flexibility index (Phi) is 6.11. The second-order valence-electron chi connectivity index (χ2n) is 3.69. The lowest BCUT2D eigenvalue weighted by Gasteiger charge is -2.13. The molecule has 1 aromatic rings. The molecule has 0 bridgehead atoms. The van der Waals surface area contributed by atoms with Crippen molar-refractivity contribution in [3.63, 3.8) is 0 Å². The van der Waals surface area contributed by atoms with E-state index in [1.807, 2.05) is 13.0 Å². The van der Waals surface area contributed by atoms with Crippen molar-refractivity contribution in [2.75, 3.05) is 32.2 Å². The SMILES string of the molecule is COc1cc(Br)cc(C)c1NC(=O)COCCN. The number of benzene rings is 1. The molecule has 0 saturated heterocycles. The van der Waals surface area contributed by atoms with Gasteiger partial charge in [-0.2, -0.15) is 0 Å². The molecule has 0 atom stereocenters. The number of ether oxygens (including phenoxy) is 2. The fraction of sp³-hybridized carbons (Fsp3) is 0.417. The van der Waals surface area contributed by atoms with E-state index in [1.165, 1.54) is 0 Å². The first-order valence-corrected chi connectivity index (χ1v) is 6.29. The first-order chi connectivity index (χ1) is 8.58. The lowest BCUT2D eigenvalue weighted by Crippen LogP contribution is -2.21. The number of hydrogen-bond acceptors (Lipinski definition) is 4. The molecule has 1 aromatic carbocycles. The summed E-state index contributed by atoms with van der Waals surface area (Å²) in [6, 6.07) is 3.70. The molecule has 5 nitrogen and oxygen atoms in total. The van der Waals surface area contributed by atoms with E-state index in [1.54, 1.807) is 13.2 Å². The van der Waals surface area contributed by atoms with Gasteiger partial charge in [0.05, 0.1) is 19.4 Å². The Balaban J connectivity index is 2.74. The van der Waals surface area contributed by atoms with E-state index in [9.17, 15) is 4.79 Å². The van der Waals surface area contributed by atoms with Gasteiger partial charge in [0.1, 0.15) is 12.4 Å². The summed E-state index contributed by atoms with van der Waals surface area (Å²) in [7, 11) is 1.56. The molecule has 1 rings (SSSR count). The minimum absolute atomic E-state index is 0.0180. The van der Waals surface area contributed by atoms with Gasteiger partial charge in [-0.25, -0.2) is 0 Å². The van der Waals surface area contributed by atoms with Crippen LogP contribution >= 0.6 is 15.9 Å². The van der Waals surface area contributed by atoms with Crippen LogP contribution < -0.4 is 15.8 Å². The summed E-state index contributed by atoms with van der Waals surface area (Å²) in [5.41, 5.74) is 6.84. The second kappa shape index (κ2) is 7.35. The molecular weight excluding hydrogens is 300 g/mol. The van der Waals surface area contributed by atoms with Crippen molar-refractivity contribution in [3.05, 3.63) is 22.2 Å². The Morgan fingerprint density at radius 2 is 2.22 bits per heavy atom. The third-order valence-corrected chi connectivity index (χ3v) is 2.70. The number of carbonyl (C=O) groups is 1. The van der Waals surface area contributed by atoms with Crippen LogP contribution in [0.15, 0.2) is 16.6 Å². The van der Waals surface area contributed by atoms with Crippen molar-refractivity contribution in [2.45, 2.75) is 6.92 Å². The lowest BCUT2D eigenvalue weighted by molar-refractivity contribution is -0.120. The summed E-state index contributed by atoms with van der Waals surface area (Å²) in [5.74, 6) is 0.376. The summed E-state index contributed by atoms with van der Waals surface area (Å²) < 4.78 is 11.2. The molecule has 3 N–H and O–H groups in total. The zero-order valence-electron chi connectivity index (χ0n) is 10.5. The number of aryl methyl sites for hydroxylation is 1. The predicted molar refractivity (Wildman–Crippen MR) is 73.9 cm³/mol. The molecule has 0 unspecified atom stereocenters. The predicted octanol–water partition coefficient (Wildman–Crippen LogP) is 1.68. The van der Waals surface area contributed by atoms with E-state index in [2.05, 4.69) is 21.2 Å². The van der Waals surface area contributed by atoms with Crippen LogP contribution in [0.3, 0.4) is 0 Å². The largest absolute Gasteiger partial charge is 0.495 e. The monoisotopic (exact) mass is 316 g/mol. The molecule has 0 saturated carbocycles. The number of methoxy groups -OCH3 is 1. The van der Waals surface area contributed by atoms with Crippen LogP contribution in [0, 0.1) is 6.92 Å². The Morgan fingerprint density at radius 1 is 1.50 bits per heavy atom. The maximum absolute atomic E-state index is 11.6. The topological polar surface area (TPSA) is 73.6 Å². The zero-order valence-corrected chi connectivity index (χ0v) is 12.0. The van der Waals surface area contributed by atoms with Gasteiger partial charge in [-0.05, 0) is 24.6 Å². The van der Waals surface area contributed by atoms with Gasteiger partial charge in [0, 0.05) is 11.0 Å². The highest BCUT2D eigenvalue weighted by atomic mass is 79.9. The number of amides is 1. The van der Waals surface area contributed by atoms with E-state index < -0.39 is 0 Å². The van der Waals surface area contributed by atoms with Crippen molar-refractivity contribution in [1.82, 2.24) is 0 Å². The van der Waals surface area contributed by atoms with Crippen LogP contribution in [0.5, 0.6) is 5.75 Å². The maximum atomic E-state index is 11.6. The van der Waals surface area contributed by atoms with Crippen molar-refractivity contribution in [1.29, 1.82) is 0 Å². The Morgan fingerprint density at radius 3 is 2.83 bits per heavy atom. The first kappa shape index (κ1) is 14.9. The summed E-state index contributed by atoms with van der Waals surface area (Å²) in [6.45, 7) is 2.64.